The number of benzene rings is 1. The van der Waals surface area contributed by atoms with Gasteiger partial charge in [-0.25, -0.2) is 0 Å². The molecule has 1 aromatic carbocycles. The molecule has 19 heavy (non-hydrogen) atoms. The third-order valence-corrected chi connectivity index (χ3v) is 3.40. The van der Waals surface area contributed by atoms with E-state index in [0.29, 0.717) is 18.4 Å². The van der Waals surface area contributed by atoms with Crippen LogP contribution in [0.25, 0.3) is 0 Å². The molecular weight excluding hydrogens is 238 g/mol. The zero-order chi connectivity index (χ0) is 14.0. The number of ketones is 2. The smallest absolute Gasteiger partial charge is 0.168 e. The molecule has 0 amide bonds. The SMILES string of the molecule is Cc1ccc(C2CC(=O)C(=CN(C)C)C(=O)C2)cc1. The van der Waals surface area contributed by atoms with Crippen LogP contribution in [0.15, 0.2) is 36.0 Å². The fourth-order valence-electron chi connectivity index (χ4n) is 2.37. The Morgan fingerprint density at radius 2 is 1.58 bits per heavy atom. The molecule has 0 aromatic heterocycles. The first kappa shape index (κ1) is 13.5. The van der Waals surface area contributed by atoms with E-state index in [1.54, 1.807) is 11.1 Å². The van der Waals surface area contributed by atoms with Gasteiger partial charge in [-0.3, -0.25) is 9.59 Å². The van der Waals surface area contributed by atoms with Crippen LogP contribution in [0.1, 0.15) is 29.9 Å². The van der Waals surface area contributed by atoms with Crippen LogP contribution < -0.4 is 0 Å². The standard InChI is InChI=1S/C16H19NO2/c1-11-4-6-12(7-5-11)13-8-15(18)14(10-17(2)3)16(19)9-13/h4-7,10,13H,8-9H2,1-3H3. The molecule has 0 bridgehead atoms. The van der Waals surface area contributed by atoms with Gasteiger partial charge in [0.25, 0.3) is 0 Å². The van der Waals surface area contributed by atoms with E-state index in [0.717, 1.165) is 5.56 Å². The largest absolute Gasteiger partial charge is 0.383 e. The van der Waals surface area contributed by atoms with Crippen molar-refractivity contribution >= 4 is 11.6 Å². The quantitative estimate of drug-likeness (QED) is 0.603. The van der Waals surface area contributed by atoms with Crippen LogP contribution >= 0.6 is 0 Å². The van der Waals surface area contributed by atoms with Crippen molar-refractivity contribution in [1.82, 2.24) is 4.90 Å². The van der Waals surface area contributed by atoms with Crippen molar-refractivity contribution in [2.75, 3.05) is 14.1 Å². The first-order chi connectivity index (χ1) is 8.97. The fraction of sp³-hybridized carbons (Fsp3) is 0.375. The van der Waals surface area contributed by atoms with Gasteiger partial charge in [0.2, 0.25) is 0 Å². The Morgan fingerprint density at radius 3 is 2.05 bits per heavy atom. The average Bonchev–Trinajstić information content (AvgIpc) is 2.34. The maximum absolute atomic E-state index is 12.1. The van der Waals surface area contributed by atoms with E-state index in [1.807, 2.05) is 45.3 Å². The number of hydrogen-bond acceptors (Lipinski definition) is 3. The van der Waals surface area contributed by atoms with Gasteiger partial charge < -0.3 is 4.90 Å². The van der Waals surface area contributed by atoms with Crippen LogP contribution in [0.4, 0.5) is 0 Å². The fourth-order valence-corrected chi connectivity index (χ4v) is 2.37. The molecule has 0 heterocycles. The summed E-state index contributed by atoms with van der Waals surface area (Å²) in [5.41, 5.74) is 2.61. The number of carbonyl (C=O) groups excluding carboxylic acids is 2. The number of nitrogens with zero attached hydrogens (tertiary/aromatic N) is 1. The Balaban J connectivity index is 2.20. The molecule has 1 aliphatic rings. The van der Waals surface area contributed by atoms with Gasteiger partial charge in [0, 0.05) is 33.1 Å². The highest BCUT2D eigenvalue weighted by molar-refractivity contribution is 6.22. The lowest BCUT2D eigenvalue weighted by Gasteiger charge is -2.23. The summed E-state index contributed by atoms with van der Waals surface area (Å²) in [6.45, 7) is 2.03. The molecule has 0 spiro atoms. The van der Waals surface area contributed by atoms with Crippen molar-refractivity contribution in [3.63, 3.8) is 0 Å². The predicted molar refractivity (Wildman–Crippen MR) is 74.9 cm³/mol. The minimum atomic E-state index is -0.0458. The Kier molecular flexibility index (Phi) is 3.84. The van der Waals surface area contributed by atoms with Gasteiger partial charge in [0.1, 0.15) is 0 Å². The van der Waals surface area contributed by atoms with Crippen molar-refractivity contribution in [1.29, 1.82) is 0 Å². The summed E-state index contributed by atoms with van der Waals surface area (Å²) in [6, 6.07) is 8.08. The Bertz CT molecular complexity index is 506. The molecule has 1 saturated carbocycles. The maximum Gasteiger partial charge on any atom is 0.168 e. The van der Waals surface area contributed by atoms with Crippen LogP contribution in [-0.4, -0.2) is 30.6 Å². The second kappa shape index (κ2) is 5.39. The van der Waals surface area contributed by atoms with Crippen LogP contribution in [0.3, 0.4) is 0 Å². The van der Waals surface area contributed by atoms with E-state index < -0.39 is 0 Å². The highest BCUT2D eigenvalue weighted by Crippen LogP contribution is 2.31. The monoisotopic (exact) mass is 257 g/mol. The molecule has 2 rings (SSSR count). The van der Waals surface area contributed by atoms with Crippen molar-refractivity contribution < 1.29 is 9.59 Å². The molecule has 0 radical (unpaired) electrons. The van der Waals surface area contributed by atoms with Crippen molar-refractivity contribution in [2.24, 2.45) is 0 Å². The predicted octanol–water partition coefficient (Wildman–Crippen LogP) is 2.46. The first-order valence-electron chi connectivity index (χ1n) is 6.48. The summed E-state index contributed by atoms with van der Waals surface area (Å²) in [5, 5.41) is 0. The van der Waals surface area contributed by atoms with E-state index in [4.69, 9.17) is 0 Å². The van der Waals surface area contributed by atoms with Crippen LogP contribution in [-0.2, 0) is 9.59 Å². The number of rotatable bonds is 2. The lowest BCUT2D eigenvalue weighted by atomic mass is 9.80. The molecular formula is C16H19NO2. The lowest BCUT2D eigenvalue weighted by molar-refractivity contribution is -0.124. The molecule has 1 aliphatic carbocycles. The van der Waals surface area contributed by atoms with Crippen molar-refractivity contribution in [3.8, 4) is 0 Å². The van der Waals surface area contributed by atoms with Gasteiger partial charge >= 0.3 is 0 Å². The molecule has 0 aliphatic heterocycles. The van der Waals surface area contributed by atoms with E-state index in [1.165, 1.54) is 5.56 Å². The van der Waals surface area contributed by atoms with E-state index >= 15 is 0 Å². The number of aryl methyl sites for hydroxylation is 1. The summed E-state index contributed by atoms with van der Waals surface area (Å²) in [7, 11) is 3.64. The van der Waals surface area contributed by atoms with Gasteiger partial charge in [0.15, 0.2) is 11.6 Å². The third kappa shape index (κ3) is 3.11. The van der Waals surface area contributed by atoms with Gasteiger partial charge in [-0.05, 0) is 18.4 Å². The van der Waals surface area contributed by atoms with E-state index in [2.05, 4.69) is 0 Å². The number of carbonyl (C=O) groups is 2. The number of allylic oxidation sites excluding steroid dienone is 1. The molecule has 1 fully saturated rings. The van der Waals surface area contributed by atoms with Crippen LogP contribution in [0.5, 0.6) is 0 Å². The van der Waals surface area contributed by atoms with Crippen LogP contribution in [0.2, 0.25) is 0 Å². The van der Waals surface area contributed by atoms with Gasteiger partial charge in [-0.1, -0.05) is 29.8 Å². The first-order valence-corrected chi connectivity index (χ1v) is 6.48. The molecule has 1 aromatic rings. The molecule has 100 valence electrons. The minimum absolute atomic E-state index is 0.0277. The summed E-state index contributed by atoms with van der Waals surface area (Å²) < 4.78 is 0. The van der Waals surface area contributed by atoms with Crippen molar-refractivity contribution in [3.05, 3.63) is 47.2 Å². The van der Waals surface area contributed by atoms with Crippen LogP contribution in [0, 0.1) is 6.92 Å². The van der Waals surface area contributed by atoms with Gasteiger partial charge in [-0.2, -0.15) is 0 Å². The maximum atomic E-state index is 12.1. The zero-order valence-corrected chi connectivity index (χ0v) is 11.6. The minimum Gasteiger partial charge on any atom is -0.383 e. The van der Waals surface area contributed by atoms with E-state index in [9.17, 15) is 9.59 Å². The summed E-state index contributed by atoms with van der Waals surface area (Å²) >= 11 is 0. The molecule has 0 N–H and O–H groups in total. The summed E-state index contributed by atoms with van der Waals surface area (Å²) in [6.07, 6.45) is 2.49. The summed E-state index contributed by atoms with van der Waals surface area (Å²) in [5.74, 6) is -0.0639. The number of hydrogen-bond donors (Lipinski definition) is 0. The average molecular weight is 257 g/mol. The molecule has 0 saturated heterocycles. The second-order valence-electron chi connectivity index (χ2n) is 5.37. The van der Waals surface area contributed by atoms with Gasteiger partial charge in [-0.15, -0.1) is 0 Å². The van der Waals surface area contributed by atoms with Crippen molar-refractivity contribution in [2.45, 2.75) is 25.7 Å². The highest BCUT2D eigenvalue weighted by Gasteiger charge is 2.31. The normalized spacial score (nSPS) is 19.5. The highest BCUT2D eigenvalue weighted by atomic mass is 16.1. The lowest BCUT2D eigenvalue weighted by Crippen LogP contribution is -2.26. The Hall–Kier alpha value is -1.90. The summed E-state index contributed by atoms with van der Waals surface area (Å²) in [4.78, 5) is 25.9. The van der Waals surface area contributed by atoms with E-state index in [-0.39, 0.29) is 17.5 Å². The third-order valence-electron chi connectivity index (χ3n) is 3.40. The zero-order valence-electron chi connectivity index (χ0n) is 11.6. The Labute approximate surface area is 113 Å². The second-order valence-corrected chi connectivity index (χ2v) is 5.37. The Morgan fingerprint density at radius 1 is 1.05 bits per heavy atom. The molecule has 0 atom stereocenters. The number of Topliss-reactive ketones (excluding diaryl/α,β-unsaturated/α-hetero) is 2. The topological polar surface area (TPSA) is 37.4 Å². The van der Waals surface area contributed by atoms with Gasteiger partial charge in [0.05, 0.1) is 5.57 Å². The molecule has 3 nitrogen and oxygen atoms in total. The molecule has 0 unspecified atom stereocenters. The molecule has 3 heteroatoms.